The molecule has 1 saturated carbocycles. The van der Waals surface area contributed by atoms with Gasteiger partial charge in [0.1, 0.15) is 22.8 Å². The third-order valence-corrected chi connectivity index (χ3v) is 6.59. The van der Waals surface area contributed by atoms with E-state index in [1.807, 2.05) is 12.3 Å². The van der Waals surface area contributed by atoms with Crippen molar-refractivity contribution in [3.8, 4) is 6.07 Å². The zero-order valence-corrected chi connectivity index (χ0v) is 18.2. The van der Waals surface area contributed by atoms with Crippen LogP contribution in [0.15, 0.2) is 42.7 Å². The summed E-state index contributed by atoms with van der Waals surface area (Å²) in [6, 6.07) is 10.6. The molecule has 0 unspecified atom stereocenters. The van der Waals surface area contributed by atoms with Crippen molar-refractivity contribution in [1.82, 2.24) is 24.8 Å². The van der Waals surface area contributed by atoms with Crippen LogP contribution in [-0.2, 0) is 17.8 Å². The van der Waals surface area contributed by atoms with Gasteiger partial charge in [-0.3, -0.25) is 4.79 Å². The monoisotopic (exact) mass is 444 g/mol. The van der Waals surface area contributed by atoms with Gasteiger partial charge in [-0.15, -0.1) is 0 Å². The first kappa shape index (κ1) is 21.1. The summed E-state index contributed by atoms with van der Waals surface area (Å²) in [5.74, 6) is 0.735. The van der Waals surface area contributed by atoms with Gasteiger partial charge < -0.3 is 14.9 Å². The number of aromatic amines is 1. The van der Waals surface area contributed by atoms with Crippen LogP contribution in [0.25, 0.3) is 22.1 Å². The number of amides is 1. The van der Waals surface area contributed by atoms with E-state index in [9.17, 15) is 9.18 Å². The highest BCUT2D eigenvalue weighted by molar-refractivity contribution is 6.01. The van der Waals surface area contributed by atoms with Crippen LogP contribution >= 0.6 is 0 Å². The number of benzene rings is 1. The van der Waals surface area contributed by atoms with E-state index in [-0.39, 0.29) is 24.2 Å². The number of nitrogens with one attached hydrogen (secondary N) is 2. The molecular formula is C25H25FN6O. The minimum Gasteiger partial charge on any atom is -0.352 e. The Bertz CT molecular complexity index is 1320. The lowest BCUT2D eigenvalue weighted by molar-refractivity contribution is -0.120. The number of carbonyl (C=O) groups is 1. The molecule has 1 amide bonds. The summed E-state index contributed by atoms with van der Waals surface area (Å²) < 4.78 is 15.4. The van der Waals surface area contributed by atoms with E-state index in [1.54, 1.807) is 18.3 Å². The molecule has 3 heterocycles. The fourth-order valence-corrected chi connectivity index (χ4v) is 4.90. The second kappa shape index (κ2) is 9.02. The number of hydrogen-bond acceptors (Lipinski definition) is 4. The molecule has 7 nitrogen and oxygen atoms in total. The van der Waals surface area contributed by atoms with E-state index in [4.69, 9.17) is 10.2 Å². The molecule has 0 radical (unpaired) electrons. The van der Waals surface area contributed by atoms with Gasteiger partial charge >= 0.3 is 0 Å². The highest BCUT2D eigenvalue weighted by Crippen LogP contribution is 2.38. The average Bonchev–Trinajstić information content (AvgIpc) is 3.43. The van der Waals surface area contributed by atoms with Crippen LogP contribution < -0.4 is 5.32 Å². The molecule has 3 aromatic heterocycles. The number of hydrogen-bond donors (Lipinski definition) is 2. The quantitative estimate of drug-likeness (QED) is 0.455. The van der Waals surface area contributed by atoms with Gasteiger partial charge in [0.2, 0.25) is 5.91 Å². The molecule has 33 heavy (non-hydrogen) atoms. The normalized spacial score (nSPS) is 18.4. The molecule has 0 saturated heterocycles. The smallest absolute Gasteiger partial charge is 0.227 e. The number of aromatic nitrogens is 4. The summed E-state index contributed by atoms with van der Waals surface area (Å²) in [5.41, 5.74) is 3.43. The van der Waals surface area contributed by atoms with E-state index in [1.165, 1.54) is 12.1 Å². The third kappa shape index (κ3) is 4.31. The van der Waals surface area contributed by atoms with Gasteiger partial charge in [-0.1, -0.05) is 12.1 Å². The molecule has 1 fully saturated rings. The minimum atomic E-state index is -0.298. The number of halogens is 1. The highest BCUT2D eigenvalue weighted by atomic mass is 19.1. The Morgan fingerprint density at radius 2 is 2.00 bits per heavy atom. The Morgan fingerprint density at radius 3 is 2.76 bits per heavy atom. The van der Waals surface area contributed by atoms with E-state index in [0.29, 0.717) is 18.9 Å². The van der Waals surface area contributed by atoms with Crippen molar-refractivity contribution in [1.29, 1.82) is 5.26 Å². The third-order valence-electron chi connectivity index (χ3n) is 6.59. The van der Waals surface area contributed by atoms with E-state index in [0.717, 1.165) is 59.1 Å². The first-order chi connectivity index (χ1) is 16.1. The van der Waals surface area contributed by atoms with Gasteiger partial charge in [0, 0.05) is 30.6 Å². The van der Waals surface area contributed by atoms with Crippen LogP contribution in [0.4, 0.5) is 4.39 Å². The van der Waals surface area contributed by atoms with Crippen molar-refractivity contribution >= 4 is 28.0 Å². The number of pyridine rings is 1. The summed E-state index contributed by atoms with van der Waals surface area (Å²) >= 11 is 0. The Morgan fingerprint density at radius 1 is 1.21 bits per heavy atom. The average molecular weight is 445 g/mol. The molecule has 0 bridgehead atoms. The summed E-state index contributed by atoms with van der Waals surface area (Å²) in [5, 5.41) is 13.0. The van der Waals surface area contributed by atoms with Crippen LogP contribution in [-0.4, -0.2) is 25.4 Å². The molecule has 4 aromatic rings. The highest BCUT2D eigenvalue weighted by Gasteiger charge is 2.27. The standard InChI is InChI=1S/C25H25FN6O/c26-18-5-1-17(2-6-18)14-29-23(33)13-22-31-21-15-30-25-20(10-12-28-25)24(21)32(22)19-7-3-16(4-8-19)9-11-27/h1-2,5-6,10,12,15-16,19H,3-4,7-9,13-14H2,(H,28,30)(H,29,33)/t16-,19-. The van der Waals surface area contributed by atoms with Crippen molar-refractivity contribution in [3.05, 3.63) is 59.9 Å². The van der Waals surface area contributed by atoms with Gasteiger partial charge in [-0.05, 0) is 55.4 Å². The van der Waals surface area contributed by atoms with Crippen LogP contribution in [0, 0.1) is 23.1 Å². The summed E-state index contributed by atoms with van der Waals surface area (Å²) in [6.45, 7) is 0.336. The molecule has 8 heteroatoms. The van der Waals surface area contributed by atoms with Gasteiger partial charge in [-0.2, -0.15) is 5.26 Å². The van der Waals surface area contributed by atoms with Gasteiger partial charge in [-0.25, -0.2) is 14.4 Å². The van der Waals surface area contributed by atoms with E-state index in [2.05, 4.69) is 25.9 Å². The Balaban J connectivity index is 1.42. The Kier molecular flexibility index (Phi) is 5.78. The van der Waals surface area contributed by atoms with Gasteiger partial charge in [0.05, 0.1) is 24.2 Å². The summed E-state index contributed by atoms with van der Waals surface area (Å²) in [7, 11) is 0. The number of H-pyrrole nitrogens is 1. The molecule has 0 atom stereocenters. The molecule has 0 spiro atoms. The number of nitrogens with zero attached hydrogens (tertiary/aromatic N) is 4. The van der Waals surface area contributed by atoms with Crippen molar-refractivity contribution < 1.29 is 9.18 Å². The molecule has 1 aliphatic rings. The molecule has 168 valence electrons. The fraction of sp³-hybridized carbons (Fsp3) is 0.360. The first-order valence-electron chi connectivity index (χ1n) is 11.3. The van der Waals surface area contributed by atoms with Crippen LogP contribution in [0.2, 0.25) is 0 Å². The zero-order valence-electron chi connectivity index (χ0n) is 18.2. The van der Waals surface area contributed by atoms with E-state index < -0.39 is 0 Å². The van der Waals surface area contributed by atoms with Crippen LogP contribution in [0.1, 0.15) is 49.5 Å². The summed E-state index contributed by atoms with van der Waals surface area (Å²) in [4.78, 5) is 25.3. The zero-order chi connectivity index (χ0) is 22.8. The van der Waals surface area contributed by atoms with Crippen molar-refractivity contribution in [2.75, 3.05) is 0 Å². The summed E-state index contributed by atoms with van der Waals surface area (Å²) in [6.07, 6.45) is 8.28. The Hall–Kier alpha value is -3.73. The molecule has 0 aliphatic heterocycles. The number of imidazole rings is 1. The van der Waals surface area contributed by atoms with Crippen molar-refractivity contribution in [3.63, 3.8) is 0 Å². The lowest BCUT2D eigenvalue weighted by Gasteiger charge is -2.30. The van der Waals surface area contributed by atoms with Crippen molar-refractivity contribution in [2.24, 2.45) is 5.92 Å². The van der Waals surface area contributed by atoms with E-state index >= 15 is 0 Å². The maximum Gasteiger partial charge on any atom is 0.227 e. The second-order valence-corrected chi connectivity index (χ2v) is 8.75. The molecule has 1 aliphatic carbocycles. The topological polar surface area (TPSA) is 99.4 Å². The van der Waals surface area contributed by atoms with Crippen LogP contribution in [0.3, 0.4) is 0 Å². The molecular weight excluding hydrogens is 419 g/mol. The minimum absolute atomic E-state index is 0.132. The van der Waals surface area contributed by atoms with Crippen LogP contribution in [0.5, 0.6) is 0 Å². The molecule has 1 aromatic carbocycles. The number of rotatable bonds is 6. The molecule has 5 rings (SSSR count). The van der Waals surface area contributed by atoms with Gasteiger partial charge in [0.15, 0.2) is 0 Å². The number of nitriles is 1. The predicted octanol–water partition coefficient (Wildman–Crippen LogP) is 4.56. The largest absolute Gasteiger partial charge is 0.352 e. The predicted molar refractivity (Wildman–Crippen MR) is 123 cm³/mol. The second-order valence-electron chi connectivity index (χ2n) is 8.75. The first-order valence-corrected chi connectivity index (χ1v) is 11.3. The lowest BCUT2D eigenvalue weighted by atomic mass is 9.84. The Labute approximate surface area is 190 Å². The number of fused-ring (bicyclic) bond motifs is 3. The maximum absolute atomic E-state index is 13.1. The van der Waals surface area contributed by atoms with Crippen molar-refractivity contribution in [2.45, 2.75) is 51.1 Å². The SMILES string of the molecule is N#CC[C@H]1CC[C@H](n2c(CC(=O)NCc3ccc(F)cc3)nc3cnc4[nH]ccc4c32)CC1. The molecule has 2 N–H and O–H groups in total. The maximum atomic E-state index is 13.1. The lowest BCUT2D eigenvalue weighted by Crippen LogP contribution is -2.27. The van der Waals surface area contributed by atoms with Gasteiger partial charge in [0.25, 0.3) is 0 Å². The fourth-order valence-electron chi connectivity index (χ4n) is 4.90. The number of carbonyl (C=O) groups excluding carboxylic acids is 1.